The first kappa shape index (κ1) is 19.4. The molecule has 1 aliphatic rings. The maximum atomic E-state index is 12.2. The lowest BCUT2D eigenvalue weighted by atomic mass is 9.76. The van der Waals surface area contributed by atoms with E-state index in [1.165, 1.54) is 11.3 Å². The molecule has 0 fully saturated rings. The standard InChI is InChI=1S/C20H25N3O3S/c1-4-23(21)19(26)22-14-8-6-5-7-12(14)17-16(18(24)25)13-11-20(2,3)10-9-15(13)27-17/h5-8H,4,9-11,21H2,1-3H3,(H,22,26)(H,24,25). The summed E-state index contributed by atoms with van der Waals surface area (Å²) in [6, 6.07) is 6.84. The third-order valence-electron chi connectivity index (χ3n) is 5.00. The van der Waals surface area contributed by atoms with Crippen LogP contribution in [0.15, 0.2) is 24.3 Å². The van der Waals surface area contributed by atoms with E-state index in [1.807, 2.05) is 18.2 Å². The molecule has 2 aromatic rings. The van der Waals surface area contributed by atoms with E-state index in [-0.39, 0.29) is 5.41 Å². The van der Waals surface area contributed by atoms with Crippen molar-refractivity contribution in [3.63, 3.8) is 0 Å². The molecule has 6 nitrogen and oxygen atoms in total. The Morgan fingerprint density at radius 1 is 1.33 bits per heavy atom. The number of anilines is 1. The number of carbonyl (C=O) groups is 2. The van der Waals surface area contributed by atoms with Gasteiger partial charge in [0.1, 0.15) is 0 Å². The summed E-state index contributed by atoms with van der Waals surface area (Å²) in [6.45, 7) is 6.50. The lowest BCUT2D eigenvalue weighted by molar-refractivity contribution is 0.0696. The number of hydrazine groups is 1. The number of urea groups is 1. The molecule has 1 aromatic heterocycles. The first-order chi connectivity index (χ1) is 12.7. The number of aromatic carboxylic acids is 1. The summed E-state index contributed by atoms with van der Waals surface area (Å²) in [5.41, 5.74) is 2.67. The summed E-state index contributed by atoms with van der Waals surface area (Å²) >= 11 is 1.52. The molecule has 4 N–H and O–H groups in total. The van der Waals surface area contributed by atoms with E-state index in [0.29, 0.717) is 28.2 Å². The number of nitrogens with one attached hydrogen (secondary N) is 1. The van der Waals surface area contributed by atoms with Crippen molar-refractivity contribution in [2.45, 2.75) is 40.0 Å². The van der Waals surface area contributed by atoms with E-state index in [0.717, 1.165) is 34.7 Å². The first-order valence-corrected chi connectivity index (χ1v) is 9.85. The number of aryl methyl sites for hydroxylation is 1. The highest BCUT2D eigenvalue weighted by molar-refractivity contribution is 7.16. The van der Waals surface area contributed by atoms with Gasteiger partial charge < -0.3 is 10.4 Å². The largest absolute Gasteiger partial charge is 0.478 e. The zero-order chi connectivity index (χ0) is 19.8. The van der Waals surface area contributed by atoms with Gasteiger partial charge in [-0.1, -0.05) is 32.0 Å². The second kappa shape index (κ2) is 7.32. The van der Waals surface area contributed by atoms with Crippen LogP contribution in [0.1, 0.15) is 48.0 Å². The maximum Gasteiger partial charge on any atom is 0.337 e. The fraction of sp³-hybridized carbons (Fsp3) is 0.400. The highest BCUT2D eigenvalue weighted by Gasteiger charge is 2.33. The highest BCUT2D eigenvalue weighted by Crippen LogP contribution is 2.46. The van der Waals surface area contributed by atoms with E-state index >= 15 is 0 Å². The van der Waals surface area contributed by atoms with Gasteiger partial charge in [-0.25, -0.2) is 15.4 Å². The minimum atomic E-state index is -0.921. The number of nitrogens with zero attached hydrogens (tertiary/aromatic N) is 1. The topological polar surface area (TPSA) is 95.7 Å². The number of amides is 2. The smallest absolute Gasteiger partial charge is 0.337 e. The van der Waals surface area contributed by atoms with Gasteiger partial charge in [-0.15, -0.1) is 11.3 Å². The molecule has 0 radical (unpaired) electrons. The third-order valence-corrected chi connectivity index (χ3v) is 6.33. The first-order valence-electron chi connectivity index (χ1n) is 9.04. The number of carboxylic acids is 1. The Labute approximate surface area is 163 Å². The van der Waals surface area contributed by atoms with Gasteiger partial charge in [0.25, 0.3) is 0 Å². The van der Waals surface area contributed by atoms with Crippen molar-refractivity contribution in [3.8, 4) is 10.4 Å². The number of hydrogen-bond donors (Lipinski definition) is 3. The van der Waals surface area contributed by atoms with Crippen LogP contribution in [0.4, 0.5) is 10.5 Å². The Morgan fingerprint density at radius 2 is 2.04 bits per heavy atom. The van der Waals surface area contributed by atoms with Crippen LogP contribution in [0.25, 0.3) is 10.4 Å². The molecule has 27 heavy (non-hydrogen) atoms. The molecule has 0 aliphatic heterocycles. The average Bonchev–Trinajstić information content (AvgIpc) is 2.98. The van der Waals surface area contributed by atoms with Crippen LogP contribution in [0, 0.1) is 5.41 Å². The van der Waals surface area contributed by atoms with Gasteiger partial charge in [-0.2, -0.15) is 0 Å². The van der Waals surface area contributed by atoms with Crippen molar-refractivity contribution in [1.29, 1.82) is 0 Å². The predicted octanol–water partition coefficient (Wildman–Crippen LogP) is 4.36. The van der Waals surface area contributed by atoms with Crippen LogP contribution < -0.4 is 11.2 Å². The lowest BCUT2D eigenvalue weighted by Crippen LogP contribution is -2.40. The van der Waals surface area contributed by atoms with Gasteiger partial charge in [-0.05, 0) is 43.2 Å². The number of para-hydroxylation sites is 1. The third kappa shape index (κ3) is 3.84. The van der Waals surface area contributed by atoms with E-state index in [1.54, 1.807) is 13.0 Å². The van der Waals surface area contributed by atoms with Crippen molar-refractivity contribution >= 4 is 29.0 Å². The molecule has 1 heterocycles. The van der Waals surface area contributed by atoms with E-state index in [2.05, 4.69) is 19.2 Å². The van der Waals surface area contributed by atoms with Crippen LogP contribution in [0.2, 0.25) is 0 Å². The minimum Gasteiger partial charge on any atom is -0.478 e. The van der Waals surface area contributed by atoms with E-state index < -0.39 is 12.0 Å². The number of rotatable bonds is 4. The zero-order valence-corrected chi connectivity index (χ0v) is 16.7. The Hall–Kier alpha value is -2.38. The fourth-order valence-corrected chi connectivity index (χ4v) is 4.81. The van der Waals surface area contributed by atoms with Crippen molar-refractivity contribution in [1.82, 2.24) is 5.01 Å². The summed E-state index contributed by atoms with van der Waals surface area (Å²) in [5, 5.41) is 13.8. The van der Waals surface area contributed by atoms with Gasteiger partial charge >= 0.3 is 12.0 Å². The Morgan fingerprint density at radius 3 is 2.70 bits per heavy atom. The van der Waals surface area contributed by atoms with Crippen LogP contribution in [-0.2, 0) is 12.8 Å². The molecule has 0 atom stereocenters. The average molecular weight is 388 g/mol. The molecular weight excluding hydrogens is 362 g/mol. The number of carboxylic acid groups (broad SMARTS) is 1. The summed E-state index contributed by atoms with van der Waals surface area (Å²) in [5.74, 6) is 4.75. The Kier molecular flexibility index (Phi) is 5.26. The Balaban J connectivity index is 2.09. The van der Waals surface area contributed by atoms with Crippen LogP contribution in [0.5, 0.6) is 0 Å². The van der Waals surface area contributed by atoms with E-state index in [4.69, 9.17) is 5.84 Å². The van der Waals surface area contributed by atoms with Crippen molar-refractivity contribution in [2.24, 2.45) is 11.3 Å². The molecule has 1 aliphatic carbocycles. The highest BCUT2D eigenvalue weighted by atomic mass is 32.1. The van der Waals surface area contributed by atoms with Gasteiger partial charge in [0.15, 0.2) is 0 Å². The van der Waals surface area contributed by atoms with Crippen LogP contribution in [-0.4, -0.2) is 28.7 Å². The van der Waals surface area contributed by atoms with Gasteiger partial charge in [0.2, 0.25) is 0 Å². The maximum absolute atomic E-state index is 12.2. The van der Waals surface area contributed by atoms with E-state index in [9.17, 15) is 14.7 Å². The van der Waals surface area contributed by atoms with Gasteiger partial charge in [0, 0.05) is 17.0 Å². The normalized spacial score (nSPS) is 15.1. The quantitative estimate of drug-likeness (QED) is 0.413. The molecule has 3 rings (SSSR count). The van der Waals surface area contributed by atoms with Gasteiger partial charge in [0.05, 0.1) is 16.1 Å². The summed E-state index contributed by atoms with van der Waals surface area (Å²) in [7, 11) is 0. The minimum absolute atomic E-state index is 0.0878. The summed E-state index contributed by atoms with van der Waals surface area (Å²) in [6.07, 6.45) is 2.67. The molecule has 0 saturated carbocycles. The van der Waals surface area contributed by atoms with Crippen molar-refractivity contribution < 1.29 is 14.7 Å². The predicted molar refractivity (Wildman–Crippen MR) is 108 cm³/mol. The van der Waals surface area contributed by atoms with Crippen molar-refractivity contribution in [3.05, 3.63) is 40.3 Å². The Bertz CT molecular complexity index is 889. The van der Waals surface area contributed by atoms with Crippen LogP contribution in [0.3, 0.4) is 0 Å². The SMILES string of the molecule is CCN(N)C(=O)Nc1ccccc1-c1sc2c(c1C(=O)O)CC(C)(C)CC2. The number of carbonyl (C=O) groups excluding carboxylic acids is 1. The molecule has 1 aromatic carbocycles. The monoisotopic (exact) mass is 387 g/mol. The number of thiophene rings is 1. The number of nitrogens with two attached hydrogens (primary N) is 1. The molecule has 0 bridgehead atoms. The number of benzene rings is 1. The molecule has 2 amide bonds. The molecule has 7 heteroatoms. The number of fused-ring (bicyclic) bond motifs is 1. The second-order valence-electron chi connectivity index (χ2n) is 7.62. The lowest BCUT2D eigenvalue weighted by Gasteiger charge is -2.29. The van der Waals surface area contributed by atoms with Crippen molar-refractivity contribution in [2.75, 3.05) is 11.9 Å². The molecule has 0 saturated heterocycles. The van der Waals surface area contributed by atoms with Crippen LogP contribution >= 0.6 is 11.3 Å². The molecular formula is C20H25N3O3S. The molecule has 144 valence electrons. The second-order valence-corrected chi connectivity index (χ2v) is 8.72. The van der Waals surface area contributed by atoms with Gasteiger partial charge in [-0.3, -0.25) is 5.01 Å². The molecule has 0 spiro atoms. The fourth-order valence-electron chi connectivity index (χ4n) is 3.46. The number of hydrogen-bond acceptors (Lipinski definition) is 4. The zero-order valence-electron chi connectivity index (χ0n) is 15.8. The molecule has 0 unspecified atom stereocenters. The summed E-state index contributed by atoms with van der Waals surface area (Å²) in [4.78, 5) is 26.2. The summed E-state index contributed by atoms with van der Waals surface area (Å²) < 4.78 is 0.